The summed E-state index contributed by atoms with van der Waals surface area (Å²) in [6.45, 7) is 4.46. The first kappa shape index (κ1) is 23.8. The van der Waals surface area contributed by atoms with Crippen LogP contribution < -0.4 is 0 Å². The Balaban J connectivity index is 0.00000253. The van der Waals surface area contributed by atoms with E-state index < -0.39 is 0 Å². The Labute approximate surface area is 227 Å². The van der Waals surface area contributed by atoms with Crippen LogP contribution in [-0.2, 0) is 32.3 Å². The van der Waals surface area contributed by atoms with E-state index in [4.69, 9.17) is 0 Å². The van der Waals surface area contributed by atoms with E-state index in [0.29, 0.717) is 5.92 Å². The van der Waals surface area contributed by atoms with Crippen LogP contribution in [0, 0.1) is 13.8 Å². The van der Waals surface area contributed by atoms with Crippen molar-refractivity contribution in [3.05, 3.63) is 131 Å². The van der Waals surface area contributed by atoms with Gasteiger partial charge in [-0.2, -0.15) is 6.07 Å². The van der Waals surface area contributed by atoms with Gasteiger partial charge in [0, 0.05) is 31.8 Å². The van der Waals surface area contributed by atoms with Crippen LogP contribution in [0.5, 0.6) is 0 Å². The number of allylic oxidation sites excluding steroid dienone is 1. The molecular weight excluding hydrogens is 587 g/mol. The zero-order valence-electron chi connectivity index (χ0n) is 20.4. The van der Waals surface area contributed by atoms with Crippen molar-refractivity contribution >= 4 is 16.8 Å². The summed E-state index contributed by atoms with van der Waals surface area (Å²) in [5, 5.41) is 2.82. The zero-order valence-corrected chi connectivity index (χ0v) is 24.0. The Bertz CT molecular complexity index is 1500. The van der Waals surface area contributed by atoms with Gasteiger partial charge in [0.1, 0.15) is 0 Å². The molecule has 0 aromatic heterocycles. The Morgan fingerprint density at radius 3 is 2.03 bits per heavy atom. The van der Waals surface area contributed by atoms with E-state index in [9.17, 15) is 0 Å². The normalized spacial score (nSPS) is 14.2. The average Bonchev–Trinajstić information content (AvgIpc) is 3.50. The van der Waals surface area contributed by atoms with Crippen LogP contribution in [0.25, 0.3) is 39.1 Å². The second-order valence-corrected chi connectivity index (χ2v) is 9.57. The van der Waals surface area contributed by atoms with Crippen molar-refractivity contribution in [3.8, 4) is 22.3 Å². The maximum absolute atomic E-state index is 2.43. The summed E-state index contributed by atoms with van der Waals surface area (Å²) in [6, 6.07) is 35.5. The van der Waals surface area contributed by atoms with Crippen molar-refractivity contribution in [1.82, 2.24) is 0 Å². The van der Waals surface area contributed by atoms with Crippen LogP contribution in [0.4, 0.5) is 0 Å². The van der Waals surface area contributed by atoms with Crippen LogP contribution in [0.2, 0.25) is 0 Å². The Kier molecular flexibility index (Phi) is 6.80. The third kappa shape index (κ3) is 4.32. The van der Waals surface area contributed by atoms with Crippen LogP contribution >= 0.6 is 0 Å². The maximum atomic E-state index is 2.43. The summed E-state index contributed by atoms with van der Waals surface area (Å²) in [4.78, 5) is 0. The van der Waals surface area contributed by atoms with Crippen molar-refractivity contribution in [1.29, 1.82) is 0 Å². The smallest absolute Gasteiger partial charge is 0.00292 e. The number of benzene rings is 4. The molecule has 170 valence electrons. The molecule has 0 saturated heterocycles. The molecule has 0 amide bonds. The zero-order chi connectivity index (χ0) is 23.1. The molecule has 0 saturated carbocycles. The van der Waals surface area contributed by atoms with E-state index in [1.54, 1.807) is 0 Å². The molecule has 0 heterocycles. The first-order valence-electron chi connectivity index (χ1n) is 12.3. The third-order valence-corrected chi connectivity index (χ3v) is 7.50. The fourth-order valence-electron chi connectivity index (χ4n) is 5.71. The molecule has 1 heteroatoms. The molecule has 6 rings (SSSR count). The maximum Gasteiger partial charge on any atom is 0.00292 e. The Morgan fingerprint density at radius 1 is 0.686 bits per heavy atom. The topological polar surface area (TPSA) is 0 Å². The van der Waals surface area contributed by atoms with Crippen LogP contribution in [0.1, 0.15) is 40.2 Å². The molecule has 1 aliphatic carbocycles. The summed E-state index contributed by atoms with van der Waals surface area (Å²) < 4.78 is 0. The summed E-state index contributed by atoms with van der Waals surface area (Å²) in [5.41, 5.74) is 12.5. The SMILES string of the molecule is Cc1ccc(-c2ccccc2)c2c1C=CC2CC[c-]1ccc2c(C)ccc(-c3ccccc3)c21.[Hf]. The number of hydrogen-bond donors (Lipinski definition) is 0. The van der Waals surface area contributed by atoms with Gasteiger partial charge in [0.25, 0.3) is 0 Å². The predicted octanol–water partition coefficient (Wildman–Crippen LogP) is 9.25. The van der Waals surface area contributed by atoms with Crippen molar-refractivity contribution in [3.63, 3.8) is 0 Å². The van der Waals surface area contributed by atoms with Gasteiger partial charge in [-0.25, -0.2) is 0 Å². The van der Waals surface area contributed by atoms with Gasteiger partial charge in [-0.05, 0) is 48.1 Å². The number of rotatable bonds is 5. The minimum Gasteiger partial charge on any atom is -0.168 e. The number of fused-ring (bicyclic) bond motifs is 2. The van der Waals surface area contributed by atoms with E-state index in [1.165, 1.54) is 60.8 Å². The van der Waals surface area contributed by atoms with E-state index in [1.807, 2.05) is 0 Å². The number of hydrogen-bond acceptors (Lipinski definition) is 0. The minimum atomic E-state index is 0. The van der Waals surface area contributed by atoms with Crippen LogP contribution in [0.3, 0.4) is 0 Å². The van der Waals surface area contributed by atoms with E-state index >= 15 is 0 Å². The first-order valence-corrected chi connectivity index (χ1v) is 12.3. The summed E-state index contributed by atoms with van der Waals surface area (Å²) >= 11 is 0. The minimum absolute atomic E-state index is 0. The van der Waals surface area contributed by atoms with Gasteiger partial charge in [0.2, 0.25) is 0 Å². The van der Waals surface area contributed by atoms with Crippen molar-refractivity contribution in [2.75, 3.05) is 0 Å². The van der Waals surface area contributed by atoms with Crippen molar-refractivity contribution in [2.24, 2.45) is 0 Å². The standard InChI is InChI=1S/C34H29.Hf/c1-23-13-19-31(25-9-5-3-6-10-25)33-27(17-21-29(23)33)15-16-28-18-22-30-24(2)14-20-32(34(28)30)26-11-7-4-8-12-26;/h3-14,17-22,27H,15-16H2,1-2H3;/q-1;. The van der Waals surface area contributed by atoms with Crippen molar-refractivity contribution in [2.45, 2.75) is 32.6 Å². The quantitative estimate of drug-likeness (QED) is 0.137. The second kappa shape index (κ2) is 9.99. The molecule has 1 atom stereocenters. The summed E-state index contributed by atoms with van der Waals surface area (Å²) in [7, 11) is 0. The summed E-state index contributed by atoms with van der Waals surface area (Å²) in [5.74, 6) is 0.444. The van der Waals surface area contributed by atoms with Gasteiger partial charge in [0.15, 0.2) is 0 Å². The van der Waals surface area contributed by atoms with Crippen LogP contribution in [0.15, 0.2) is 103 Å². The van der Waals surface area contributed by atoms with Crippen molar-refractivity contribution < 1.29 is 25.8 Å². The van der Waals surface area contributed by atoms with Crippen LogP contribution in [-0.4, -0.2) is 0 Å². The first-order chi connectivity index (χ1) is 16.7. The van der Waals surface area contributed by atoms with Gasteiger partial charge in [-0.1, -0.05) is 120 Å². The molecule has 5 aromatic carbocycles. The van der Waals surface area contributed by atoms with Gasteiger partial charge in [-0.15, -0.1) is 22.4 Å². The fourth-order valence-corrected chi connectivity index (χ4v) is 5.71. The predicted molar refractivity (Wildman–Crippen MR) is 146 cm³/mol. The van der Waals surface area contributed by atoms with E-state index in [2.05, 4.69) is 123 Å². The average molecular weight is 616 g/mol. The molecule has 0 N–H and O–H groups in total. The largest absolute Gasteiger partial charge is 0.168 e. The van der Waals surface area contributed by atoms with Gasteiger partial charge < -0.3 is 0 Å². The fraction of sp³-hybridized carbons (Fsp3) is 0.147. The monoisotopic (exact) mass is 617 g/mol. The molecule has 1 aliphatic rings. The number of aryl methyl sites for hydroxylation is 3. The van der Waals surface area contributed by atoms with Gasteiger partial charge in [0.05, 0.1) is 0 Å². The summed E-state index contributed by atoms with van der Waals surface area (Å²) in [6.07, 6.45) is 6.97. The molecule has 0 radical (unpaired) electrons. The molecular formula is C34H29Hf-. The molecule has 5 aromatic rings. The van der Waals surface area contributed by atoms with Gasteiger partial charge in [-0.3, -0.25) is 0 Å². The van der Waals surface area contributed by atoms with Gasteiger partial charge >= 0.3 is 0 Å². The second-order valence-electron chi connectivity index (χ2n) is 9.57. The molecule has 35 heavy (non-hydrogen) atoms. The molecule has 0 spiro atoms. The van der Waals surface area contributed by atoms with E-state index in [0.717, 1.165) is 12.8 Å². The molecule has 0 bridgehead atoms. The molecule has 0 fully saturated rings. The van der Waals surface area contributed by atoms with E-state index in [-0.39, 0.29) is 25.8 Å². The molecule has 0 aliphatic heterocycles. The molecule has 1 unspecified atom stereocenters. The third-order valence-electron chi connectivity index (χ3n) is 7.50. The molecule has 0 nitrogen and oxygen atoms in total. The Hall–Kier alpha value is -2.90. The Morgan fingerprint density at radius 2 is 1.31 bits per heavy atom.